The zero-order valence-electron chi connectivity index (χ0n) is 17.1. The topological polar surface area (TPSA) is 89.2 Å². The summed E-state index contributed by atoms with van der Waals surface area (Å²) in [5, 5.41) is 11.0. The Morgan fingerprint density at radius 1 is 1.20 bits per heavy atom. The van der Waals surface area contributed by atoms with Crippen molar-refractivity contribution < 1.29 is 28.6 Å². The van der Waals surface area contributed by atoms with Crippen LogP contribution in [0.4, 0.5) is 0 Å². The molecule has 2 aliphatic heterocycles. The first-order chi connectivity index (χ1) is 14.5. The number of furan rings is 1. The van der Waals surface area contributed by atoms with E-state index in [2.05, 4.69) is 0 Å². The number of aryl methyl sites for hydroxylation is 1. The zero-order valence-corrected chi connectivity index (χ0v) is 17.1. The van der Waals surface area contributed by atoms with Gasteiger partial charge in [0.25, 0.3) is 11.7 Å². The van der Waals surface area contributed by atoms with Crippen molar-refractivity contribution in [3.05, 3.63) is 59.1 Å². The fraction of sp³-hybridized carbons (Fsp3) is 0.391. The predicted molar refractivity (Wildman–Crippen MR) is 109 cm³/mol. The van der Waals surface area contributed by atoms with Gasteiger partial charge >= 0.3 is 0 Å². The van der Waals surface area contributed by atoms with Gasteiger partial charge in [-0.2, -0.15) is 0 Å². The number of ketones is 1. The van der Waals surface area contributed by atoms with Gasteiger partial charge in [-0.25, -0.2) is 0 Å². The van der Waals surface area contributed by atoms with Gasteiger partial charge in [-0.05, 0) is 63.1 Å². The minimum Gasteiger partial charge on any atom is -0.507 e. The van der Waals surface area contributed by atoms with Crippen LogP contribution < -0.4 is 4.74 Å². The molecule has 2 fully saturated rings. The molecule has 2 atom stereocenters. The number of aliphatic hydroxyl groups excluding tert-OH is 1. The van der Waals surface area contributed by atoms with E-state index in [0.29, 0.717) is 36.0 Å². The van der Waals surface area contributed by atoms with Gasteiger partial charge in [-0.1, -0.05) is 0 Å². The molecule has 0 saturated carbocycles. The second kappa shape index (κ2) is 8.36. The monoisotopic (exact) mass is 411 g/mol. The van der Waals surface area contributed by atoms with E-state index in [-0.39, 0.29) is 24.0 Å². The van der Waals surface area contributed by atoms with E-state index in [1.807, 2.05) is 6.92 Å². The van der Waals surface area contributed by atoms with E-state index in [1.165, 1.54) is 4.90 Å². The molecule has 0 aliphatic carbocycles. The molecule has 1 aromatic heterocycles. The summed E-state index contributed by atoms with van der Waals surface area (Å²) in [5.74, 6) is 0.151. The Kier molecular flexibility index (Phi) is 5.63. The van der Waals surface area contributed by atoms with Crippen LogP contribution in [0.15, 0.2) is 46.4 Å². The maximum absolute atomic E-state index is 12.9. The lowest BCUT2D eigenvalue weighted by Gasteiger charge is -2.25. The second-order valence-electron chi connectivity index (χ2n) is 7.49. The number of hydrogen-bond acceptors (Lipinski definition) is 6. The molecule has 0 spiro atoms. The van der Waals surface area contributed by atoms with Gasteiger partial charge in [0.2, 0.25) is 0 Å². The minimum atomic E-state index is -0.797. The van der Waals surface area contributed by atoms with E-state index < -0.39 is 17.7 Å². The molecule has 1 N–H and O–H groups in total. The number of aliphatic hydroxyl groups is 1. The number of ether oxygens (including phenoxy) is 2. The number of amides is 1. The maximum atomic E-state index is 12.9. The van der Waals surface area contributed by atoms with E-state index >= 15 is 0 Å². The normalized spacial score (nSPS) is 23.3. The van der Waals surface area contributed by atoms with Crippen molar-refractivity contribution in [2.24, 2.45) is 0 Å². The quantitative estimate of drug-likeness (QED) is 0.444. The van der Waals surface area contributed by atoms with Crippen LogP contribution in [0.5, 0.6) is 5.75 Å². The standard InChI is InChI=1S/C23H25NO6/c1-3-28-16-9-7-15(8-10-16)21(25)19-20(18-11-6-14(2)30-18)24(23(27)22(19)26)13-17-5-4-12-29-17/h6-11,17,20,25H,3-5,12-13H2,1-2H3/t17-,20-/m1/s1. The summed E-state index contributed by atoms with van der Waals surface area (Å²) in [6, 6.07) is 9.48. The molecule has 2 aliphatic rings. The maximum Gasteiger partial charge on any atom is 0.295 e. The lowest BCUT2D eigenvalue weighted by molar-refractivity contribution is -0.141. The third kappa shape index (κ3) is 3.73. The first kappa shape index (κ1) is 20.2. The summed E-state index contributed by atoms with van der Waals surface area (Å²) in [5.41, 5.74) is 0.457. The third-order valence-corrected chi connectivity index (χ3v) is 5.43. The van der Waals surface area contributed by atoms with Crippen LogP contribution in [0.3, 0.4) is 0 Å². The van der Waals surface area contributed by atoms with Gasteiger partial charge in [0.1, 0.15) is 29.1 Å². The van der Waals surface area contributed by atoms with Gasteiger partial charge in [0.15, 0.2) is 0 Å². The summed E-state index contributed by atoms with van der Waals surface area (Å²) in [6.07, 6.45) is 1.61. The fourth-order valence-electron chi connectivity index (χ4n) is 4.00. The first-order valence-electron chi connectivity index (χ1n) is 10.2. The molecule has 0 bridgehead atoms. The van der Waals surface area contributed by atoms with Crippen molar-refractivity contribution in [3.63, 3.8) is 0 Å². The van der Waals surface area contributed by atoms with E-state index in [1.54, 1.807) is 43.3 Å². The van der Waals surface area contributed by atoms with Gasteiger partial charge < -0.3 is 23.9 Å². The first-order valence-corrected chi connectivity index (χ1v) is 10.2. The highest BCUT2D eigenvalue weighted by molar-refractivity contribution is 6.46. The van der Waals surface area contributed by atoms with Gasteiger partial charge in [-0.3, -0.25) is 9.59 Å². The highest BCUT2D eigenvalue weighted by atomic mass is 16.5. The Balaban J connectivity index is 1.76. The van der Waals surface area contributed by atoms with Crippen molar-refractivity contribution in [2.45, 2.75) is 38.8 Å². The van der Waals surface area contributed by atoms with Crippen molar-refractivity contribution in [2.75, 3.05) is 19.8 Å². The minimum absolute atomic E-state index is 0.0245. The fourth-order valence-corrected chi connectivity index (χ4v) is 4.00. The molecule has 2 aromatic rings. The van der Waals surface area contributed by atoms with Crippen LogP contribution in [0.2, 0.25) is 0 Å². The summed E-state index contributed by atoms with van der Waals surface area (Å²) in [4.78, 5) is 27.3. The Morgan fingerprint density at radius 2 is 1.97 bits per heavy atom. The zero-order chi connectivity index (χ0) is 21.3. The summed E-state index contributed by atoms with van der Waals surface area (Å²) < 4.78 is 16.9. The summed E-state index contributed by atoms with van der Waals surface area (Å²) in [6.45, 7) is 5.12. The van der Waals surface area contributed by atoms with Gasteiger partial charge in [0, 0.05) is 18.7 Å². The van der Waals surface area contributed by atoms with Crippen LogP contribution in [0.1, 0.15) is 42.9 Å². The van der Waals surface area contributed by atoms with Crippen molar-refractivity contribution in [1.82, 2.24) is 4.90 Å². The lowest BCUT2D eigenvalue weighted by atomic mass is 9.99. The number of likely N-dealkylation sites (tertiary alicyclic amines) is 1. The molecule has 7 nitrogen and oxygen atoms in total. The highest BCUT2D eigenvalue weighted by Gasteiger charge is 2.48. The van der Waals surface area contributed by atoms with Crippen LogP contribution in [-0.4, -0.2) is 47.6 Å². The molecule has 4 rings (SSSR count). The summed E-state index contributed by atoms with van der Waals surface area (Å²) in [7, 11) is 0. The number of rotatable bonds is 6. The smallest absolute Gasteiger partial charge is 0.295 e. The highest BCUT2D eigenvalue weighted by Crippen LogP contribution is 2.40. The number of benzene rings is 1. The average molecular weight is 411 g/mol. The van der Waals surface area contributed by atoms with Gasteiger partial charge in [0.05, 0.1) is 18.3 Å². The molecule has 158 valence electrons. The van der Waals surface area contributed by atoms with Crippen LogP contribution in [0.25, 0.3) is 5.76 Å². The molecule has 3 heterocycles. The van der Waals surface area contributed by atoms with Crippen molar-refractivity contribution >= 4 is 17.4 Å². The molecular weight excluding hydrogens is 386 g/mol. The van der Waals surface area contributed by atoms with Crippen LogP contribution in [0, 0.1) is 6.92 Å². The number of hydrogen-bond donors (Lipinski definition) is 1. The van der Waals surface area contributed by atoms with Gasteiger partial charge in [-0.15, -0.1) is 0 Å². The largest absolute Gasteiger partial charge is 0.507 e. The third-order valence-electron chi connectivity index (χ3n) is 5.43. The lowest BCUT2D eigenvalue weighted by Crippen LogP contribution is -2.36. The van der Waals surface area contributed by atoms with E-state index in [9.17, 15) is 14.7 Å². The molecule has 1 aromatic carbocycles. The Hall–Kier alpha value is -3.06. The van der Waals surface area contributed by atoms with Crippen LogP contribution in [-0.2, 0) is 14.3 Å². The molecule has 7 heteroatoms. The Bertz CT molecular complexity index is 968. The molecule has 1 amide bonds. The molecule has 0 radical (unpaired) electrons. The van der Waals surface area contributed by atoms with Crippen LogP contribution >= 0.6 is 0 Å². The molecule has 0 unspecified atom stereocenters. The van der Waals surface area contributed by atoms with E-state index in [0.717, 1.165) is 12.8 Å². The average Bonchev–Trinajstić information content (AvgIpc) is 3.46. The molecule has 2 saturated heterocycles. The Labute approximate surface area is 174 Å². The molecular formula is C23H25NO6. The number of carbonyl (C=O) groups excluding carboxylic acids is 2. The van der Waals surface area contributed by atoms with Crippen molar-refractivity contribution in [3.8, 4) is 5.75 Å². The number of carbonyl (C=O) groups is 2. The number of nitrogens with zero attached hydrogens (tertiary/aromatic N) is 1. The Morgan fingerprint density at radius 3 is 2.57 bits per heavy atom. The predicted octanol–water partition coefficient (Wildman–Crippen LogP) is 3.59. The molecule has 30 heavy (non-hydrogen) atoms. The van der Waals surface area contributed by atoms with E-state index in [4.69, 9.17) is 13.9 Å². The summed E-state index contributed by atoms with van der Waals surface area (Å²) >= 11 is 0. The number of Topliss-reactive ketones (excluding diaryl/α,β-unsaturated/α-hetero) is 1. The second-order valence-corrected chi connectivity index (χ2v) is 7.49. The van der Waals surface area contributed by atoms with Crippen molar-refractivity contribution in [1.29, 1.82) is 0 Å². The SMILES string of the molecule is CCOc1ccc(C(O)=C2C(=O)C(=O)N(C[C@H]3CCCO3)[C@@H]2c2ccc(C)o2)cc1.